The van der Waals surface area contributed by atoms with Crippen LogP contribution in [0, 0.1) is 12.7 Å². The van der Waals surface area contributed by atoms with Gasteiger partial charge in [0.15, 0.2) is 0 Å². The van der Waals surface area contributed by atoms with E-state index in [4.69, 9.17) is 0 Å². The van der Waals surface area contributed by atoms with Gasteiger partial charge in [0, 0.05) is 16.6 Å². The number of carbonyl (C=O) groups excluding carboxylic acids is 1. The standard InChI is InChI=1S/C17H18FNO2S/c1-12-6-5-7-14(10-12)11-22(21)13(2)17(20)19-16-9-4-3-8-15(16)18/h3-10,13H,11H2,1-2H3,(H,19,20)/t13-,22-/m0/s1. The Kier molecular flexibility index (Phi) is 5.44. The number of carbonyl (C=O) groups is 1. The largest absolute Gasteiger partial charge is 0.323 e. The predicted molar refractivity (Wildman–Crippen MR) is 87.5 cm³/mol. The lowest BCUT2D eigenvalue weighted by atomic mass is 10.2. The van der Waals surface area contributed by atoms with Crippen molar-refractivity contribution in [2.75, 3.05) is 5.32 Å². The molecule has 0 heterocycles. The minimum atomic E-state index is -1.37. The maximum absolute atomic E-state index is 13.5. The van der Waals surface area contributed by atoms with Crippen molar-refractivity contribution >= 4 is 22.4 Å². The van der Waals surface area contributed by atoms with Crippen molar-refractivity contribution in [2.24, 2.45) is 0 Å². The van der Waals surface area contributed by atoms with Crippen molar-refractivity contribution in [3.8, 4) is 0 Å². The molecule has 2 atom stereocenters. The van der Waals surface area contributed by atoms with Crippen molar-refractivity contribution < 1.29 is 13.4 Å². The van der Waals surface area contributed by atoms with Crippen molar-refractivity contribution in [2.45, 2.75) is 24.9 Å². The van der Waals surface area contributed by atoms with Crippen LogP contribution in [-0.2, 0) is 21.3 Å². The van der Waals surface area contributed by atoms with Gasteiger partial charge in [0.25, 0.3) is 0 Å². The van der Waals surface area contributed by atoms with Crippen LogP contribution in [0.4, 0.5) is 10.1 Å². The molecule has 1 amide bonds. The summed E-state index contributed by atoms with van der Waals surface area (Å²) in [4.78, 5) is 12.1. The van der Waals surface area contributed by atoms with Gasteiger partial charge in [-0.1, -0.05) is 42.0 Å². The van der Waals surface area contributed by atoms with Gasteiger partial charge in [0.1, 0.15) is 11.1 Å². The summed E-state index contributed by atoms with van der Waals surface area (Å²) in [5, 5.41) is 1.76. The van der Waals surface area contributed by atoms with Crippen LogP contribution in [0.5, 0.6) is 0 Å². The highest BCUT2D eigenvalue weighted by Gasteiger charge is 2.21. The Morgan fingerprint density at radius 3 is 2.64 bits per heavy atom. The van der Waals surface area contributed by atoms with Crippen LogP contribution in [0.15, 0.2) is 48.5 Å². The van der Waals surface area contributed by atoms with Gasteiger partial charge in [-0.15, -0.1) is 0 Å². The number of para-hydroxylation sites is 1. The quantitative estimate of drug-likeness (QED) is 0.918. The summed E-state index contributed by atoms with van der Waals surface area (Å²) >= 11 is 0. The molecule has 0 saturated carbocycles. The molecule has 0 bridgehead atoms. The third kappa shape index (κ3) is 4.24. The summed E-state index contributed by atoms with van der Waals surface area (Å²) in [5.41, 5.74) is 2.11. The molecule has 2 aromatic rings. The first kappa shape index (κ1) is 16.4. The van der Waals surface area contributed by atoms with Crippen molar-refractivity contribution in [3.63, 3.8) is 0 Å². The van der Waals surface area contributed by atoms with E-state index in [0.29, 0.717) is 5.75 Å². The van der Waals surface area contributed by atoms with E-state index in [9.17, 15) is 13.4 Å². The van der Waals surface area contributed by atoms with Crippen LogP contribution >= 0.6 is 0 Å². The number of aryl methyl sites for hydroxylation is 1. The molecule has 2 rings (SSSR count). The zero-order chi connectivity index (χ0) is 16.1. The maximum Gasteiger partial charge on any atom is 0.239 e. The normalized spacial score (nSPS) is 13.4. The molecule has 0 spiro atoms. The van der Waals surface area contributed by atoms with E-state index >= 15 is 0 Å². The van der Waals surface area contributed by atoms with Crippen molar-refractivity contribution in [1.82, 2.24) is 0 Å². The van der Waals surface area contributed by atoms with Crippen LogP contribution in [0.25, 0.3) is 0 Å². The highest BCUT2D eigenvalue weighted by atomic mass is 32.2. The number of hydrogen-bond donors (Lipinski definition) is 1. The zero-order valence-electron chi connectivity index (χ0n) is 12.5. The van der Waals surface area contributed by atoms with Gasteiger partial charge in [-0.25, -0.2) is 4.39 Å². The van der Waals surface area contributed by atoms with Gasteiger partial charge in [-0.05, 0) is 31.5 Å². The van der Waals surface area contributed by atoms with Gasteiger partial charge in [-0.2, -0.15) is 0 Å². The molecule has 0 aromatic heterocycles. The lowest BCUT2D eigenvalue weighted by molar-refractivity contribution is -0.115. The molecule has 2 aromatic carbocycles. The second kappa shape index (κ2) is 7.31. The van der Waals surface area contributed by atoms with E-state index in [0.717, 1.165) is 11.1 Å². The highest BCUT2D eigenvalue weighted by Crippen LogP contribution is 2.15. The second-order valence-electron chi connectivity index (χ2n) is 5.13. The predicted octanol–water partition coefficient (Wildman–Crippen LogP) is 3.41. The topological polar surface area (TPSA) is 46.2 Å². The summed E-state index contributed by atoms with van der Waals surface area (Å²) in [5.74, 6) is -0.656. The van der Waals surface area contributed by atoms with Crippen molar-refractivity contribution in [1.29, 1.82) is 0 Å². The van der Waals surface area contributed by atoms with Crippen LogP contribution in [0.1, 0.15) is 18.1 Å². The lowest BCUT2D eigenvalue weighted by Gasteiger charge is -2.13. The molecule has 116 valence electrons. The van der Waals surface area contributed by atoms with Crippen LogP contribution in [-0.4, -0.2) is 15.4 Å². The fourth-order valence-corrected chi connectivity index (χ4v) is 3.06. The molecule has 5 heteroatoms. The number of amides is 1. The molecule has 0 saturated heterocycles. The Hall–Kier alpha value is -2.01. The fourth-order valence-electron chi connectivity index (χ4n) is 2.01. The summed E-state index contributed by atoms with van der Waals surface area (Å²) in [6.07, 6.45) is 0. The Morgan fingerprint density at radius 1 is 1.23 bits per heavy atom. The molecule has 22 heavy (non-hydrogen) atoms. The van der Waals surface area contributed by atoms with E-state index in [1.807, 2.05) is 31.2 Å². The molecule has 1 N–H and O–H groups in total. The first-order valence-corrected chi connectivity index (χ1v) is 8.33. The average molecular weight is 319 g/mol. The molecule has 0 aliphatic heterocycles. The summed E-state index contributed by atoms with van der Waals surface area (Å²) in [7, 11) is -1.37. The molecular formula is C17H18FNO2S. The van der Waals surface area contributed by atoms with E-state index in [2.05, 4.69) is 5.32 Å². The summed E-state index contributed by atoms with van der Waals surface area (Å²) in [6, 6.07) is 13.6. The van der Waals surface area contributed by atoms with Gasteiger partial charge in [0.2, 0.25) is 5.91 Å². The maximum atomic E-state index is 13.5. The number of rotatable bonds is 5. The molecule has 0 unspecified atom stereocenters. The zero-order valence-corrected chi connectivity index (χ0v) is 13.3. The van der Waals surface area contributed by atoms with E-state index in [-0.39, 0.29) is 5.69 Å². The third-order valence-corrected chi connectivity index (χ3v) is 4.91. The van der Waals surface area contributed by atoms with Gasteiger partial charge >= 0.3 is 0 Å². The molecule has 3 nitrogen and oxygen atoms in total. The lowest BCUT2D eigenvalue weighted by Crippen LogP contribution is -2.30. The Balaban J connectivity index is 2.01. The molecule has 0 aliphatic carbocycles. The van der Waals surface area contributed by atoms with Crippen molar-refractivity contribution in [3.05, 3.63) is 65.5 Å². The highest BCUT2D eigenvalue weighted by molar-refractivity contribution is 7.85. The monoisotopic (exact) mass is 319 g/mol. The SMILES string of the molecule is Cc1cccc(C[S@](=O)[C@@H](C)C(=O)Nc2ccccc2F)c1. The summed E-state index contributed by atoms with van der Waals surface area (Å²) in [6.45, 7) is 3.54. The molecular weight excluding hydrogens is 301 g/mol. The number of nitrogens with one attached hydrogen (secondary N) is 1. The van der Waals surface area contributed by atoms with Crippen LogP contribution in [0.3, 0.4) is 0 Å². The number of benzene rings is 2. The Labute approximate surface area is 132 Å². The van der Waals surface area contributed by atoms with Gasteiger partial charge in [-0.3, -0.25) is 9.00 Å². The fraction of sp³-hybridized carbons (Fsp3) is 0.235. The number of halogens is 1. The van der Waals surface area contributed by atoms with E-state index in [1.165, 1.54) is 12.1 Å². The Morgan fingerprint density at radius 2 is 1.95 bits per heavy atom. The first-order chi connectivity index (χ1) is 10.5. The average Bonchev–Trinajstić information content (AvgIpc) is 2.48. The second-order valence-corrected chi connectivity index (χ2v) is 6.88. The Bertz CT molecular complexity index is 703. The number of hydrogen-bond acceptors (Lipinski definition) is 2. The number of anilines is 1. The first-order valence-electron chi connectivity index (χ1n) is 6.95. The molecule has 0 fully saturated rings. The third-order valence-electron chi connectivity index (χ3n) is 3.29. The summed E-state index contributed by atoms with van der Waals surface area (Å²) < 4.78 is 25.8. The van der Waals surface area contributed by atoms with E-state index < -0.39 is 27.8 Å². The van der Waals surface area contributed by atoms with E-state index in [1.54, 1.807) is 19.1 Å². The van der Waals surface area contributed by atoms with Gasteiger partial charge < -0.3 is 5.32 Å². The smallest absolute Gasteiger partial charge is 0.239 e. The molecule has 0 radical (unpaired) electrons. The minimum absolute atomic E-state index is 0.104. The molecule has 0 aliphatic rings. The van der Waals surface area contributed by atoms with Crippen LogP contribution in [0.2, 0.25) is 0 Å². The van der Waals surface area contributed by atoms with Gasteiger partial charge in [0.05, 0.1) is 5.69 Å². The van der Waals surface area contributed by atoms with Crippen LogP contribution < -0.4 is 5.32 Å². The minimum Gasteiger partial charge on any atom is -0.323 e.